The van der Waals surface area contributed by atoms with Gasteiger partial charge in [0.1, 0.15) is 5.82 Å². The van der Waals surface area contributed by atoms with Crippen molar-refractivity contribution in [3.8, 4) is 11.8 Å². The van der Waals surface area contributed by atoms with Gasteiger partial charge in [-0.15, -0.1) is 0 Å². The van der Waals surface area contributed by atoms with Gasteiger partial charge in [-0.1, -0.05) is 37.2 Å². The SMILES string of the molecule is NCC#Cc1cc(CSC2CCCCC2)ccc1F. The molecule has 1 aliphatic carbocycles. The van der Waals surface area contributed by atoms with Crippen LogP contribution >= 0.6 is 11.8 Å². The second-order valence-corrected chi connectivity index (χ2v) is 6.18. The summed E-state index contributed by atoms with van der Waals surface area (Å²) in [6.45, 7) is 0.264. The van der Waals surface area contributed by atoms with E-state index in [1.807, 2.05) is 23.9 Å². The first kappa shape index (κ1) is 14.4. The number of benzene rings is 1. The predicted molar refractivity (Wildman–Crippen MR) is 80.5 cm³/mol. The van der Waals surface area contributed by atoms with Crippen molar-refractivity contribution >= 4 is 11.8 Å². The van der Waals surface area contributed by atoms with Crippen molar-refractivity contribution < 1.29 is 4.39 Å². The van der Waals surface area contributed by atoms with E-state index in [9.17, 15) is 4.39 Å². The molecule has 1 aromatic carbocycles. The number of hydrogen-bond donors (Lipinski definition) is 1. The van der Waals surface area contributed by atoms with Gasteiger partial charge in [-0.25, -0.2) is 4.39 Å². The highest BCUT2D eigenvalue weighted by molar-refractivity contribution is 7.99. The van der Waals surface area contributed by atoms with Crippen LogP contribution in [0, 0.1) is 17.7 Å². The van der Waals surface area contributed by atoms with Crippen LogP contribution in [-0.4, -0.2) is 11.8 Å². The Morgan fingerprint density at radius 2 is 2.05 bits per heavy atom. The van der Waals surface area contributed by atoms with Crippen LogP contribution in [0.2, 0.25) is 0 Å². The topological polar surface area (TPSA) is 26.0 Å². The monoisotopic (exact) mass is 277 g/mol. The molecule has 0 heterocycles. The molecule has 102 valence electrons. The molecule has 2 N–H and O–H groups in total. The van der Waals surface area contributed by atoms with Crippen LogP contribution in [0.5, 0.6) is 0 Å². The van der Waals surface area contributed by atoms with E-state index in [-0.39, 0.29) is 12.4 Å². The Morgan fingerprint density at radius 3 is 2.79 bits per heavy atom. The van der Waals surface area contributed by atoms with Crippen LogP contribution in [0.1, 0.15) is 43.2 Å². The van der Waals surface area contributed by atoms with Crippen molar-refractivity contribution in [1.29, 1.82) is 0 Å². The Morgan fingerprint density at radius 1 is 1.26 bits per heavy atom. The van der Waals surface area contributed by atoms with Gasteiger partial charge in [0.05, 0.1) is 12.1 Å². The third-order valence-electron chi connectivity index (χ3n) is 3.39. The summed E-state index contributed by atoms with van der Waals surface area (Å²) in [6.07, 6.45) is 6.74. The van der Waals surface area contributed by atoms with E-state index in [0.717, 1.165) is 16.6 Å². The molecule has 1 aromatic rings. The highest BCUT2D eigenvalue weighted by atomic mass is 32.2. The molecule has 0 saturated heterocycles. The lowest BCUT2D eigenvalue weighted by Crippen LogP contribution is -2.08. The van der Waals surface area contributed by atoms with Gasteiger partial charge < -0.3 is 5.73 Å². The number of thioether (sulfide) groups is 1. The van der Waals surface area contributed by atoms with E-state index in [1.54, 1.807) is 0 Å². The molecule has 0 unspecified atom stereocenters. The normalized spacial score (nSPS) is 15.9. The molecular weight excluding hydrogens is 257 g/mol. The third kappa shape index (κ3) is 4.56. The molecule has 0 aliphatic heterocycles. The molecule has 0 bridgehead atoms. The fourth-order valence-electron chi connectivity index (χ4n) is 2.35. The zero-order chi connectivity index (χ0) is 13.5. The van der Waals surface area contributed by atoms with E-state index in [2.05, 4.69) is 11.8 Å². The molecule has 0 spiro atoms. The maximum Gasteiger partial charge on any atom is 0.138 e. The van der Waals surface area contributed by atoms with Gasteiger partial charge in [0, 0.05) is 11.0 Å². The summed E-state index contributed by atoms with van der Waals surface area (Å²) in [7, 11) is 0. The van der Waals surface area contributed by atoms with Crippen LogP contribution in [0.3, 0.4) is 0 Å². The van der Waals surface area contributed by atoms with Crippen molar-refractivity contribution in [1.82, 2.24) is 0 Å². The molecule has 2 rings (SSSR count). The number of hydrogen-bond acceptors (Lipinski definition) is 2. The summed E-state index contributed by atoms with van der Waals surface area (Å²) >= 11 is 1.99. The minimum atomic E-state index is -0.257. The fraction of sp³-hybridized carbons (Fsp3) is 0.500. The molecule has 1 saturated carbocycles. The van der Waals surface area contributed by atoms with Crippen molar-refractivity contribution in [3.05, 3.63) is 35.1 Å². The summed E-state index contributed by atoms with van der Waals surface area (Å²) in [5.41, 5.74) is 6.94. The van der Waals surface area contributed by atoms with E-state index >= 15 is 0 Å². The summed E-state index contributed by atoms with van der Waals surface area (Å²) in [5.74, 6) is 6.19. The summed E-state index contributed by atoms with van der Waals surface area (Å²) in [4.78, 5) is 0. The van der Waals surface area contributed by atoms with E-state index in [1.165, 1.54) is 38.2 Å². The molecule has 3 heteroatoms. The quantitative estimate of drug-likeness (QED) is 0.853. The van der Waals surface area contributed by atoms with E-state index in [4.69, 9.17) is 5.73 Å². The summed E-state index contributed by atoms with van der Waals surface area (Å²) < 4.78 is 13.5. The first-order valence-corrected chi connectivity index (χ1v) is 7.93. The van der Waals surface area contributed by atoms with Gasteiger partial charge in [0.15, 0.2) is 0 Å². The zero-order valence-corrected chi connectivity index (χ0v) is 11.9. The minimum Gasteiger partial charge on any atom is -0.320 e. The van der Waals surface area contributed by atoms with E-state index in [0.29, 0.717) is 5.56 Å². The number of nitrogens with two attached hydrogens (primary N) is 1. The van der Waals surface area contributed by atoms with Crippen LogP contribution in [-0.2, 0) is 5.75 Å². The summed E-state index contributed by atoms with van der Waals surface area (Å²) in [5, 5.41) is 0.775. The third-order valence-corrected chi connectivity index (χ3v) is 4.84. The van der Waals surface area contributed by atoms with E-state index < -0.39 is 0 Å². The first-order chi connectivity index (χ1) is 9.29. The highest BCUT2D eigenvalue weighted by Gasteiger charge is 2.13. The average molecular weight is 277 g/mol. The maximum atomic E-state index is 13.5. The summed E-state index contributed by atoms with van der Waals surface area (Å²) in [6, 6.07) is 5.23. The van der Waals surface area contributed by atoms with Crippen molar-refractivity contribution in [2.24, 2.45) is 5.73 Å². The molecule has 0 amide bonds. The average Bonchev–Trinajstić information content (AvgIpc) is 2.46. The lowest BCUT2D eigenvalue weighted by atomic mass is 10.0. The van der Waals surface area contributed by atoms with Gasteiger partial charge >= 0.3 is 0 Å². The minimum absolute atomic E-state index is 0.257. The molecule has 1 fully saturated rings. The van der Waals surface area contributed by atoms with Gasteiger partial charge in [-0.3, -0.25) is 0 Å². The lowest BCUT2D eigenvalue weighted by Gasteiger charge is -2.20. The molecule has 1 aliphatic rings. The van der Waals surface area contributed by atoms with Crippen molar-refractivity contribution in [3.63, 3.8) is 0 Å². The molecule has 1 nitrogen and oxygen atoms in total. The van der Waals surface area contributed by atoms with Gasteiger partial charge in [0.25, 0.3) is 0 Å². The zero-order valence-electron chi connectivity index (χ0n) is 11.1. The largest absolute Gasteiger partial charge is 0.320 e. The Hall–Kier alpha value is -0.980. The number of rotatable bonds is 3. The van der Waals surface area contributed by atoms with Gasteiger partial charge in [0.2, 0.25) is 0 Å². The van der Waals surface area contributed by atoms with Crippen LogP contribution in [0.25, 0.3) is 0 Å². The van der Waals surface area contributed by atoms with Crippen LogP contribution in [0.4, 0.5) is 4.39 Å². The Labute approximate surface area is 119 Å². The Balaban J connectivity index is 1.96. The molecule has 0 aromatic heterocycles. The van der Waals surface area contributed by atoms with Crippen molar-refractivity contribution in [2.75, 3.05) is 6.54 Å². The van der Waals surface area contributed by atoms with Gasteiger partial charge in [-0.05, 0) is 30.5 Å². The number of halogens is 1. The molecule has 0 atom stereocenters. The van der Waals surface area contributed by atoms with Crippen LogP contribution < -0.4 is 5.73 Å². The highest BCUT2D eigenvalue weighted by Crippen LogP contribution is 2.30. The van der Waals surface area contributed by atoms with Crippen molar-refractivity contribution in [2.45, 2.75) is 43.1 Å². The Kier molecular flexibility index (Phi) is 5.75. The second kappa shape index (κ2) is 7.57. The molecule has 19 heavy (non-hydrogen) atoms. The first-order valence-electron chi connectivity index (χ1n) is 6.88. The van der Waals surface area contributed by atoms with Crippen LogP contribution in [0.15, 0.2) is 18.2 Å². The fourth-order valence-corrected chi connectivity index (χ4v) is 3.62. The molecular formula is C16H20FNS. The predicted octanol–water partition coefficient (Wildman–Crippen LogP) is 3.70. The second-order valence-electron chi connectivity index (χ2n) is 4.89. The van der Waals surface area contributed by atoms with Gasteiger partial charge in [-0.2, -0.15) is 11.8 Å². The smallest absolute Gasteiger partial charge is 0.138 e. The molecule has 0 radical (unpaired) electrons. The standard InChI is InChI=1S/C16H20FNS/c17-16-9-8-13(11-14(16)5-4-10-18)12-19-15-6-2-1-3-7-15/h8-9,11,15H,1-3,6-7,10,12,18H2. The lowest BCUT2D eigenvalue weighted by molar-refractivity contribution is 0.516. The Bertz CT molecular complexity index is 469. The maximum absolute atomic E-state index is 13.5.